The molecule has 0 bridgehead atoms. The van der Waals surface area contributed by atoms with Gasteiger partial charge >= 0.3 is 11.9 Å². The molecule has 2 heterocycles. The molecule has 110 valence electrons. The number of aromatic nitrogens is 1. The molecule has 0 fully saturated rings. The molecule has 0 saturated heterocycles. The zero-order valence-electron chi connectivity index (χ0n) is 11.3. The lowest BCUT2D eigenvalue weighted by Crippen LogP contribution is -2.21. The summed E-state index contributed by atoms with van der Waals surface area (Å²) in [5.74, 6) is -3.65. The second-order valence-corrected chi connectivity index (χ2v) is 4.55. The third-order valence-corrected chi connectivity index (χ3v) is 3.15. The van der Waals surface area contributed by atoms with Gasteiger partial charge in [0, 0.05) is 23.6 Å². The summed E-state index contributed by atoms with van der Waals surface area (Å²) in [6, 6.07) is 8.59. The van der Waals surface area contributed by atoms with Crippen LogP contribution in [-0.2, 0) is 9.59 Å². The van der Waals surface area contributed by atoms with Gasteiger partial charge in [0.25, 0.3) is 0 Å². The fourth-order valence-corrected chi connectivity index (χ4v) is 2.21. The van der Waals surface area contributed by atoms with Crippen LogP contribution in [-0.4, -0.2) is 40.2 Å². The van der Waals surface area contributed by atoms with Crippen molar-refractivity contribution in [3.63, 3.8) is 0 Å². The minimum atomic E-state index is -1.82. The predicted octanol–water partition coefficient (Wildman–Crippen LogP) is 1.70. The molecule has 0 spiro atoms. The lowest BCUT2D eigenvalue weighted by atomic mass is 9.99. The topological polar surface area (TPSA) is 102 Å². The van der Waals surface area contributed by atoms with E-state index in [9.17, 15) is 0 Å². The number of benzene rings is 1. The Labute approximate surface area is 121 Å². The molecule has 6 nitrogen and oxygen atoms in total. The molecule has 2 aromatic rings. The Morgan fingerprint density at radius 1 is 1.10 bits per heavy atom. The number of aliphatic carboxylic acids is 2. The largest absolute Gasteiger partial charge is 0.473 e. The fraction of sp³-hybridized carbons (Fsp3) is 0.200. The quantitative estimate of drug-likeness (QED) is 0.598. The average molecular weight is 288 g/mol. The third-order valence-electron chi connectivity index (χ3n) is 3.15. The van der Waals surface area contributed by atoms with Crippen molar-refractivity contribution in [1.82, 2.24) is 10.3 Å². The van der Waals surface area contributed by atoms with Crippen LogP contribution in [0.2, 0.25) is 0 Å². The van der Waals surface area contributed by atoms with E-state index in [-0.39, 0.29) is 0 Å². The number of fused-ring (bicyclic) bond motifs is 1. The van der Waals surface area contributed by atoms with Gasteiger partial charge in [-0.2, -0.15) is 0 Å². The molecule has 6 heteroatoms. The maximum absolute atomic E-state index is 9.10. The van der Waals surface area contributed by atoms with Crippen molar-refractivity contribution in [2.75, 3.05) is 13.1 Å². The van der Waals surface area contributed by atoms with Crippen molar-refractivity contribution in [2.45, 2.75) is 6.42 Å². The van der Waals surface area contributed by atoms with E-state index in [0.29, 0.717) is 0 Å². The second kappa shape index (κ2) is 6.71. The molecule has 1 aliphatic rings. The molecule has 0 radical (unpaired) electrons. The van der Waals surface area contributed by atoms with E-state index < -0.39 is 11.9 Å². The van der Waals surface area contributed by atoms with E-state index >= 15 is 0 Å². The van der Waals surface area contributed by atoms with Crippen LogP contribution in [0.25, 0.3) is 16.5 Å². The molecule has 0 saturated carbocycles. The summed E-state index contributed by atoms with van der Waals surface area (Å²) >= 11 is 0. The molecule has 4 N–H and O–H groups in total. The van der Waals surface area contributed by atoms with Gasteiger partial charge in [-0.1, -0.05) is 18.2 Å². The monoisotopic (exact) mass is 288 g/mol. The maximum atomic E-state index is 9.10. The molecule has 0 atom stereocenters. The third kappa shape index (κ3) is 3.70. The molecular weight excluding hydrogens is 272 g/mol. The van der Waals surface area contributed by atoms with Crippen LogP contribution in [0.4, 0.5) is 0 Å². The van der Waals surface area contributed by atoms with Gasteiger partial charge in [-0.05, 0) is 36.2 Å². The summed E-state index contributed by atoms with van der Waals surface area (Å²) in [6.45, 7) is 2.09. The van der Waals surface area contributed by atoms with E-state index in [1.165, 1.54) is 22.0 Å². The molecule has 0 unspecified atom stereocenters. The highest BCUT2D eigenvalue weighted by atomic mass is 16.4. The van der Waals surface area contributed by atoms with Crippen molar-refractivity contribution in [3.8, 4) is 0 Å². The Bertz CT molecular complexity index is 676. The smallest absolute Gasteiger partial charge is 0.414 e. The molecule has 1 aliphatic heterocycles. The Morgan fingerprint density at radius 2 is 1.86 bits per heavy atom. The number of hydrogen-bond acceptors (Lipinski definition) is 3. The minimum Gasteiger partial charge on any atom is -0.473 e. The number of aromatic amines is 1. The minimum absolute atomic E-state index is 0.990. The van der Waals surface area contributed by atoms with Crippen LogP contribution in [0.15, 0.2) is 36.5 Å². The number of rotatable bonds is 1. The van der Waals surface area contributed by atoms with Crippen molar-refractivity contribution in [2.24, 2.45) is 0 Å². The first-order chi connectivity index (χ1) is 10.1. The summed E-state index contributed by atoms with van der Waals surface area (Å²) in [4.78, 5) is 21.5. The van der Waals surface area contributed by atoms with Gasteiger partial charge in [0.05, 0.1) is 0 Å². The van der Waals surface area contributed by atoms with E-state index in [4.69, 9.17) is 19.8 Å². The summed E-state index contributed by atoms with van der Waals surface area (Å²) in [5.41, 5.74) is 4.01. The Morgan fingerprint density at radius 3 is 2.48 bits per heavy atom. The molecular formula is C15H16N2O4. The second-order valence-electron chi connectivity index (χ2n) is 4.55. The van der Waals surface area contributed by atoms with Crippen molar-refractivity contribution >= 4 is 28.4 Å². The summed E-state index contributed by atoms with van der Waals surface area (Å²) < 4.78 is 0. The molecule has 1 aromatic carbocycles. The number of nitrogens with one attached hydrogen (secondary N) is 2. The Hall–Kier alpha value is -2.60. The van der Waals surface area contributed by atoms with Crippen LogP contribution in [0.3, 0.4) is 0 Å². The predicted molar refractivity (Wildman–Crippen MR) is 79.0 cm³/mol. The number of H-pyrrole nitrogens is 1. The van der Waals surface area contributed by atoms with Crippen LogP contribution >= 0.6 is 0 Å². The number of carbonyl (C=O) groups is 2. The lowest BCUT2D eigenvalue weighted by Gasteiger charge is -2.15. The van der Waals surface area contributed by atoms with Gasteiger partial charge in [0.1, 0.15) is 0 Å². The highest BCUT2D eigenvalue weighted by Crippen LogP contribution is 2.25. The average Bonchev–Trinajstić information content (AvgIpc) is 2.97. The highest BCUT2D eigenvalue weighted by molar-refractivity contribution is 6.27. The zero-order chi connectivity index (χ0) is 15.2. The van der Waals surface area contributed by atoms with Gasteiger partial charge in [0.15, 0.2) is 0 Å². The highest BCUT2D eigenvalue weighted by Gasteiger charge is 2.08. The zero-order valence-corrected chi connectivity index (χ0v) is 11.3. The summed E-state index contributed by atoms with van der Waals surface area (Å²) in [6.07, 6.45) is 5.49. The molecule has 21 heavy (non-hydrogen) atoms. The summed E-state index contributed by atoms with van der Waals surface area (Å²) in [5, 5.41) is 19.5. The van der Waals surface area contributed by atoms with Gasteiger partial charge in [-0.15, -0.1) is 0 Å². The van der Waals surface area contributed by atoms with E-state index in [0.717, 1.165) is 19.5 Å². The van der Waals surface area contributed by atoms with Gasteiger partial charge in [-0.3, -0.25) is 0 Å². The summed E-state index contributed by atoms with van der Waals surface area (Å²) in [7, 11) is 0. The van der Waals surface area contributed by atoms with E-state index in [1.807, 2.05) is 6.20 Å². The van der Waals surface area contributed by atoms with Crippen molar-refractivity contribution < 1.29 is 19.8 Å². The van der Waals surface area contributed by atoms with Crippen molar-refractivity contribution in [3.05, 3.63) is 42.1 Å². The SMILES string of the molecule is C1=C(c2cccc3[nH]ccc23)CNCC1.O=C(O)C(=O)O. The normalized spacial score (nSPS) is 14.0. The number of carboxylic acids is 2. The van der Waals surface area contributed by atoms with Gasteiger partial charge in [-0.25, -0.2) is 9.59 Å². The van der Waals surface area contributed by atoms with Gasteiger partial charge < -0.3 is 20.5 Å². The van der Waals surface area contributed by atoms with Crippen LogP contribution < -0.4 is 5.32 Å². The Balaban J connectivity index is 0.000000232. The molecule has 3 rings (SSSR count). The van der Waals surface area contributed by atoms with Crippen molar-refractivity contribution in [1.29, 1.82) is 0 Å². The maximum Gasteiger partial charge on any atom is 0.414 e. The Kier molecular flexibility index (Phi) is 4.73. The molecule has 0 aliphatic carbocycles. The molecule has 1 aromatic heterocycles. The standard InChI is InChI=1S/C13H14N2.C2H2O4/c1-4-11(10-3-2-7-14-9-10)12-6-8-15-13(12)5-1;3-1(4)2(5)6/h1,3-6,8,14-15H,2,7,9H2;(H,3,4)(H,5,6). The van der Waals surface area contributed by atoms with Crippen LogP contribution in [0.1, 0.15) is 12.0 Å². The first-order valence-electron chi connectivity index (χ1n) is 6.52. The molecule has 0 amide bonds. The van der Waals surface area contributed by atoms with Gasteiger partial charge in [0.2, 0.25) is 0 Å². The first-order valence-corrected chi connectivity index (χ1v) is 6.52. The number of hydrogen-bond donors (Lipinski definition) is 4. The van der Waals surface area contributed by atoms with E-state index in [2.05, 4.69) is 40.6 Å². The first kappa shape index (κ1) is 14.8. The number of carboxylic acid groups (broad SMARTS) is 2. The lowest BCUT2D eigenvalue weighted by molar-refractivity contribution is -0.159. The van der Waals surface area contributed by atoms with Crippen LogP contribution in [0.5, 0.6) is 0 Å². The van der Waals surface area contributed by atoms with E-state index in [1.54, 1.807) is 0 Å². The van der Waals surface area contributed by atoms with Crippen LogP contribution in [0, 0.1) is 0 Å². The fourth-order valence-electron chi connectivity index (χ4n) is 2.21.